The second kappa shape index (κ2) is 7.21. The molecular weight excluding hydrogens is 223 g/mol. The third-order valence-corrected chi connectivity index (χ3v) is 2.48. The van der Waals surface area contributed by atoms with E-state index in [2.05, 4.69) is 5.32 Å². The second-order valence-corrected chi connectivity index (χ2v) is 3.71. The van der Waals surface area contributed by atoms with Gasteiger partial charge in [0.15, 0.2) is 0 Å². The van der Waals surface area contributed by atoms with Gasteiger partial charge in [-0.1, -0.05) is 6.07 Å². The third kappa shape index (κ3) is 4.30. The van der Waals surface area contributed by atoms with Crippen LogP contribution in [0.15, 0.2) is 18.2 Å². The van der Waals surface area contributed by atoms with Crippen molar-refractivity contribution in [2.45, 2.75) is 12.6 Å². The van der Waals surface area contributed by atoms with Crippen molar-refractivity contribution in [1.29, 1.82) is 0 Å². The van der Waals surface area contributed by atoms with E-state index in [0.29, 0.717) is 25.4 Å². The molecule has 0 aromatic heterocycles. The van der Waals surface area contributed by atoms with Crippen LogP contribution in [0.1, 0.15) is 5.56 Å². The molecule has 0 amide bonds. The normalized spacial score (nSPS) is 12.5. The van der Waals surface area contributed by atoms with Crippen LogP contribution < -0.4 is 11.1 Å². The lowest BCUT2D eigenvalue weighted by molar-refractivity contribution is 0.0365. The van der Waals surface area contributed by atoms with E-state index in [9.17, 15) is 4.39 Å². The van der Waals surface area contributed by atoms with Crippen LogP contribution in [0, 0.1) is 5.82 Å². The molecule has 0 aliphatic rings. The third-order valence-electron chi connectivity index (χ3n) is 2.48. The number of anilines is 1. The van der Waals surface area contributed by atoms with Gasteiger partial charge >= 0.3 is 0 Å². The Labute approximate surface area is 101 Å². The van der Waals surface area contributed by atoms with Crippen molar-refractivity contribution >= 4 is 5.69 Å². The molecule has 4 nitrogen and oxygen atoms in total. The number of ether oxygens (including phenoxy) is 2. The highest BCUT2D eigenvalue weighted by Gasteiger charge is 2.08. The quantitative estimate of drug-likeness (QED) is 0.758. The number of nitrogens with two attached hydrogens (primary N) is 1. The molecular formula is C12H19FN2O2. The van der Waals surface area contributed by atoms with E-state index >= 15 is 0 Å². The van der Waals surface area contributed by atoms with Crippen LogP contribution in [0.4, 0.5) is 10.1 Å². The lowest BCUT2D eigenvalue weighted by Gasteiger charge is -2.16. The highest BCUT2D eigenvalue weighted by atomic mass is 19.1. The van der Waals surface area contributed by atoms with Crippen LogP contribution in [0.25, 0.3) is 0 Å². The molecule has 0 fully saturated rings. The Morgan fingerprint density at radius 1 is 1.41 bits per heavy atom. The van der Waals surface area contributed by atoms with Gasteiger partial charge in [-0.25, -0.2) is 4.39 Å². The van der Waals surface area contributed by atoms with Crippen LogP contribution in [-0.4, -0.2) is 33.5 Å². The van der Waals surface area contributed by atoms with E-state index in [1.165, 1.54) is 6.07 Å². The Hall–Kier alpha value is -1.17. The summed E-state index contributed by atoms with van der Waals surface area (Å²) < 4.78 is 23.7. The highest BCUT2D eigenvalue weighted by molar-refractivity contribution is 5.46. The predicted molar refractivity (Wildman–Crippen MR) is 65.5 cm³/mol. The van der Waals surface area contributed by atoms with E-state index in [4.69, 9.17) is 15.2 Å². The number of methoxy groups -OCH3 is 2. The van der Waals surface area contributed by atoms with Gasteiger partial charge in [-0.3, -0.25) is 0 Å². The maximum atomic E-state index is 13.6. The average molecular weight is 242 g/mol. The monoisotopic (exact) mass is 242 g/mol. The Kier molecular flexibility index (Phi) is 5.90. The SMILES string of the molecule is COCC(CNc1ccc(CN)cc1F)OC. The van der Waals surface area contributed by atoms with Gasteiger partial charge in [0.25, 0.3) is 0 Å². The summed E-state index contributed by atoms with van der Waals surface area (Å²) in [6.45, 7) is 1.29. The van der Waals surface area contributed by atoms with Gasteiger partial charge in [0.1, 0.15) is 5.82 Å². The molecule has 0 bridgehead atoms. The summed E-state index contributed by atoms with van der Waals surface area (Å²) in [5.41, 5.74) is 6.64. The molecule has 1 unspecified atom stereocenters. The molecule has 1 rings (SSSR count). The number of hydrogen-bond donors (Lipinski definition) is 2. The smallest absolute Gasteiger partial charge is 0.146 e. The first-order chi connectivity index (χ1) is 8.21. The first-order valence-corrected chi connectivity index (χ1v) is 5.45. The van der Waals surface area contributed by atoms with Crippen LogP contribution in [0.5, 0.6) is 0 Å². The zero-order valence-electron chi connectivity index (χ0n) is 10.2. The molecule has 0 radical (unpaired) electrons. The summed E-state index contributed by atoms with van der Waals surface area (Å²) in [4.78, 5) is 0. The summed E-state index contributed by atoms with van der Waals surface area (Å²) in [7, 11) is 3.20. The molecule has 96 valence electrons. The number of halogens is 1. The van der Waals surface area contributed by atoms with Crippen LogP contribution in [0.3, 0.4) is 0 Å². The summed E-state index contributed by atoms with van der Waals surface area (Å²) >= 11 is 0. The van der Waals surface area contributed by atoms with Crippen molar-refractivity contribution in [3.8, 4) is 0 Å². The van der Waals surface area contributed by atoms with Crippen molar-refractivity contribution in [2.75, 3.05) is 32.7 Å². The molecule has 1 aromatic rings. The minimum atomic E-state index is -0.305. The lowest BCUT2D eigenvalue weighted by atomic mass is 10.2. The molecule has 0 saturated heterocycles. The molecule has 1 aromatic carbocycles. The highest BCUT2D eigenvalue weighted by Crippen LogP contribution is 2.15. The van der Waals surface area contributed by atoms with Gasteiger partial charge < -0.3 is 20.5 Å². The first kappa shape index (κ1) is 13.9. The average Bonchev–Trinajstić information content (AvgIpc) is 2.35. The maximum absolute atomic E-state index is 13.6. The Balaban J connectivity index is 2.56. The number of rotatable bonds is 7. The molecule has 17 heavy (non-hydrogen) atoms. The summed E-state index contributed by atoms with van der Waals surface area (Å²) in [5, 5.41) is 2.98. The van der Waals surface area contributed by atoms with Gasteiger partial charge in [-0.05, 0) is 17.7 Å². The van der Waals surface area contributed by atoms with E-state index in [1.807, 2.05) is 0 Å². The van der Waals surface area contributed by atoms with Crippen molar-refractivity contribution in [3.63, 3.8) is 0 Å². The summed E-state index contributed by atoms with van der Waals surface area (Å²) in [5.74, 6) is -0.305. The van der Waals surface area contributed by atoms with E-state index in [1.54, 1.807) is 26.4 Å². The number of hydrogen-bond acceptors (Lipinski definition) is 4. The molecule has 0 spiro atoms. The summed E-state index contributed by atoms with van der Waals surface area (Å²) in [6, 6.07) is 4.90. The van der Waals surface area contributed by atoms with E-state index in [0.717, 1.165) is 5.56 Å². The molecule has 0 aliphatic carbocycles. The molecule has 3 N–H and O–H groups in total. The van der Waals surface area contributed by atoms with Gasteiger partial charge in [0.2, 0.25) is 0 Å². The topological polar surface area (TPSA) is 56.5 Å². The van der Waals surface area contributed by atoms with Crippen LogP contribution in [-0.2, 0) is 16.0 Å². The van der Waals surface area contributed by atoms with E-state index in [-0.39, 0.29) is 11.9 Å². The zero-order chi connectivity index (χ0) is 12.7. The largest absolute Gasteiger partial charge is 0.382 e. The Morgan fingerprint density at radius 3 is 2.71 bits per heavy atom. The minimum Gasteiger partial charge on any atom is -0.382 e. The Bertz CT molecular complexity index is 347. The van der Waals surface area contributed by atoms with Gasteiger partial charge in [-0.2, -0.15) is 0 Å². The predicted octanol–water partition coefficient (Wildman–Crippen LogP) is 1.36. The van der Waals surface area contributed by atoms with Crippen molar-refractivity contribution < 1.29 is 13.9 Å². The van der Waals surface area contributed by atoms with Crippen LogP contribution in [0.2, 0.25) is 0 Å². The lowest BCUT2D eigenvalue weighted by Crippen LogP contribution is -2.26. The zero-order valence-corrected chi connectivity index (χ0v) is 10.2. The molecule has 0 saturated carbocycles. The molecule has 5 heteroatoms. The van der Waals surface area contributed by atoms with Crippen molar-refractivity contribution in [3.05, 3.63) is 29.6 Å². The van der Waals surface area contributed by atoms with E-state index < -0.39 is 0 Å². The van der Waals surface area contributed by atoms with Crippen molar-refractivity contribution in [2.24, 2.45) is 5.73 Å². The van der Waals surface area contributed by atoms with Crippen LogP contribution >= 0.6 is 0 Å². The molecule has 1 atom stereocenters. The molecule has 0 aliphatic heterocycles. The fourth-order valence-corrected chi connectivity index (χ4v) is 1.45. The minimum absolute atomic E-state index is 0.103. The summed E-state index contributed by atoms with van der Waals surface area (Å²) in [6.07, 6.45) is -0.103. The Morgan fingerprint density at radius 2 is 2.18 bits per heavy atom. The van der Waals surface area contributed by atoms with Gasteiger partial charge in [0.05, 0.1) is 18.4 Å². The van der Waals surface area contributed by atoms with Gasteiger partial charge in [-0.15, -0.1) is 0 Å². The fourth-order valence-electron chi connectivity index (χ4n) is 1.45. The standard InChI is InChI=1S/C12H19FN2O2/c1-16-8-10(17-2)7-15-12-4-3-9(6-14)5-11(12)13/h3-5,10,15H,6-8,14H2,1-2H3. The fraction of sp³-hybridized carbons (Fsp3) is 0.500. The van der Waals surface area contributed by atoms with Gasteiger partial charge in [0, 0.05) is 27.3 Å². The van der Waals surface area contributed by atoms with Crippen molar-refractivity contribution in [1.82, 2.24) is 0 Å². The first-order valence-electron chi connectivity index (χ1n) is 5.45. The molecule has 0 heterocycles. The number of benzene rings is 1. The maximum Gasteiger partial charge on any atom is 0.146 e. The second-order valence-electron chi connectivity index (χ2n) is 3.71. The number of nitrogens with one attached hydrogen (secondary N) is 1.